The topological polar surface area (TPSA) is 68.3 Å². The van der Waals surface area contributed by atoms with Crippen molar-refractivity contribution in [3.05, 3.63) is 83.4 Å². The molecule has 0 atom stereocenters. The maximum absolute atomic E-state index is 12.8. The van der Waals surface area contributed by atoms with Crippen molar-refractivity contribution < 1.29 is 16.8 Å². The van der Waals surface area contributed by atoms with E-state index in [2.05, 4.69) is 0 Å². The molecule has 0 aliphatic rings. The standard InChI is InChI=1S/C21H20O4S2/c1-15-4-7-18(8-5-15)26(22,23)19-10-12-20(13-11-19)27(24,25)21-9-6-16(2)17(3)14-21/h4-14H,1-3H3. The third-order valence-electron chi connectivity index (χ3n) is 4.56. The maximum Gasteiger partial charge on any atom is 0.206 e. The molecule has 3 aromatic rings. The van der Waals surface area contributed by atoms with Crippen molar-refractivity contribution in [1.82, 2.24) is 0 Å². The lowest BCUT2D eigenvalue weighted by molar-refractivity contribution is 0.592. The van der Waals surface area contributed by atoms with E-state index in [0.717, 1.165) is 16.7 Å². The zero-order valence-corrected chi connectivity index (χ0v) is 16.9. The van der Waals surface area contributed by atoms with E-state index in [1.165, 1.54) is 24.3 Å². The van der Waals surface area contributed by atoms with Gasteiger partial charge in [-0.05, 0) is 80.4 Å². The summed E-state index contributed by atoms with van der Waals surface area (Å²) < 4.78 is 51.1. The summed E-state index contributed by atoms with van der Waals surface area (Å²) in [5, 5.41) is 0. The van der Waals surface area contributed by atoms with Gasteiger partial charge < -0.3 is 0 Å². The number of sulfone groups is 2. The van der Waals surface area contributed by atoms with Gasteiger partial charge in [0.15, 0.2) is 0 Å². The number of benzene rings is 3. The largest absolute Gasteiger partial charge is 0.219 e. The van der Waals surface area contributed by atoms with Crippen LogP contribution in [0.5, 0.6) is 0 Å². The molecule has 0 unspecified atom stereocenters. The molecule has 0 spiro atoms. The van der Waals surface area contributed by atoms with Crippen molar-refractivity contribution >= 4 is 19.7 Å². The molecule has 3 aromatic carbocycles. The molecule has 4 nitrogen and oxygen atoms in total. The monoisotopic (exact) mass is 400 g/mol. The van der Waals surface area contributed by atoms with Crippen LogP contribution in [0, 0.1) is 20.8 Å². The molecule has 6 heteroatoms. The molecular formula is C21H20O4S2. The van der Waals surface area contributed by atoms with Crippen LogP contribution in [0.2, 0.25) is 0 Å². The number of rotatable bonds is 4. The lowest BCUT2D eigenvalue weighted by Gasteiger charge is -2.09. The Balaban J connectivity index is 1.99. The molecule has 140 valence electrons. The van der Waals surface area contributed by atoms with Crippen molar-refractivity contribution in [1.29, 1.82) is 0 Å². The van der Waals surface area contributed by atoms with E-state index in [4.69, 9.17) is 0 Å². The van der Waals surface area contributed by atoms with Crippen molar-refractivity contribution in [2.45, 2.75) is 40.4 Å². The van der Waals surface area contributed by atoms with Gasteiger partial charge in [-0.2, -0.15) is 0 Å². The first-order chi connectivity index (χ1) is 12.6. The Kier molecular flexibility index (Phi) is 4.97. The second-order valence-corrected chi connectivity index (χ2v) is 10.4. The second-order valence-electron chi connectivity index (χ2n) is 6.54. The Bertz CT molecular complexity index is 1190. The van der Waals surface area contributed by atoms with Gasteiger partial charge in [0.1, 0.15) is 0 Å². The van der Waals surface area contributed by atoms with Crippen LogP contribution in [0.3, 0.4) is 0 Å². The van der Waals surface area contributed by atoms with Crippen molar-refractivity contribution in [2.75, 3.05) is 0 Å². The lowest BCUT2D eigenvalue weighted by atomic mass is 10.1. The third kappa shape index (κ3) is 3.68. The molecule has 0 fully saturated rings. The normalized spacial score (nSPS) is 12.1. The summed E-state index contributed by atoms with van der Waals surface area (Å²) in [6.07, 6.45) is 0. The Morgan fingerprint density at radius 1 is 0.481 bits per heavy atom. The van der Waals surface area contributed by atoms with Gasteiger partial charge in [-0.25, -0.2) is 16.8 Å². The quantitative estimate of drug-likeness (QED) is 0.656. The van der Waals surface area contributed by atoms with Crippen LogP contribution in [-0.2, 0) is 19.7 Å². The predicted molar refractivity (Wildman–Crippen MR) is 104 cm³/mol. The lowest BCUT2D eigenvalue weighted by Crippen LogP contribution is -2.05. The first kappa shape index (κ1) is 19.3. The molecule has 0 amide bonds. The number of hydrogen-bond acceptors (Lipinski definition) is 4. The van der Waals surface area contributed by atoms with Crippen LogP contribution in [0.4, 0.5) is 0 Å². The summed E-state index contributed by atoms with van der Waals surface area (Å²) >= 11 is 0. The van der Waals surface area contributed by atoms with Gasteiger partial charge in [0.2, 0.25) is 19.7 Å². The fourth-order valence-electron chi connectivity index (χ4n) is 2.67. The van der Waals surface area contributed by atoms with Gasteiger partial charge in [0, 0.05) is 0 Å². The molecule has 3 rings (SSSR count). The van der Waals surface area contributed by atoms with Gasteiger partial charge in [-0.1, -0.05) is 23.8 Å². The van der Waals surface area contributed by atoms with Crippen LogP contribution in [0.1, 0.15) is 16.7 Å². The minimum absolute atomic E-state index is 0.0605. The van der Waals surface area contributed by atoms with E-state index >= 15 is 0 Å². The fourth-order valence-corrected chi connectivity index (χ4v) is 5.28. The van der Waals surface area contributed by atoms with Crippen LogP contribution in [0.15, 0.2) is 86.3 Å². The van der Waals surface area contributed by atoms with E-state index in [-0.39, 0.29) is 19.6 Å². The molecule has 0 aliphatic heterocycles. The van der Waals surface area contributed by atoms with Gasteiger partial charge in [-0.3, -0.25) is 0 Å². The molecule has 0 aromatic heterocycles. The Hall–Kier alpha value is -2.44. The van der Waals surface area contributed by atoms with Crippen molar-refractivity contribution in [3.63, 3.8) is 0 Å². The molecule has 0 saturated heterocycles. The van der Waals surface area contributed by atoms with E-state index < -0.39 is 19.7 Å². The van der Waals surface area contributed by atoms with Crippen LogP contribution >= 0.6 is 0 Å². The summed E-state index contributed by atoms with van der Waals surface area (Å²) in [5.41, 5.74) is 2.85. The van der Waals surface area contributed by atoms with Crippen LogP contribution in [-0.4, -0.2) is 16.8 Å². The summed E-state index contributed by atoms with van der Waals surface area (Å²) in [4.78, 5) is 0.497. The van der Waals surface area contributed by atoms with Gasteiger partial charge in [0.05, 0.1) is 19.6 Å². The number of aryl methyl sites for hydroxylation is 3. The summed E-state index contributed by atoms with van der Waals surface area (Å²) in [7, 11) is -7.40. The highest BCUT2D eigenvalue weighted by atomic mass is 32.2. The third-order valence-corrected chi connectivity index (χ3v) is 8.12. The first-order valence-electron chi connectivity index (χ1n) is 8.36. The summed E-state index contributed by atoms with van der Waals surface area (Å²) in [5.74, 6) is 0. The minimum Gasteiger partial charge on any atom is -0.219 e. The number of hydrogen-bond donors (Lipinski definition) is 0. The van der Waals surface area contributed by atoms with Crippen LogP contribution < -0.4 is 0 Å². The second kappa shape index (κ2) is 6.94. The minimum atomic E-state index is -3.71. The van der Waals surface area contributed by atoms with E-state index in [9.17, 15) is 16.8 Å². The molecule has 0 heterocycles. The molecule has 0 N–H and O–H groups in total. The first-order valence-corrected chi connectivity index (χ1v) is 11.3. The van der Waals surface area contributed by atoms with Gasteiger partial charge in [0.25, 0.3) is 0 Å². The average molecular weight is 401 g/mol. The molecule has 0 aliphatic carbocycles. The van der Waals surface area contributed by atoms with Crippen molar-refractivity contribution in [3.8, 4) is 0 Å². The average Bonchev–Trinajstić information content (AvgIpc) is 2.64. The Morgan fingerprint density at radius 3 is 1.30 bits per heavy atom. The zero-order valence-electron chi connectivity index (χ0n) is 15.3. The van der Waals surface area contributed by atoms with Gasteiger partial charge >= 0.3 is 0 Å². The predicted octanol–water partition coefficient (Wildman–Crippen LogP) is 4.28. The molecule has 0 radical (unpaired) electrons. The van der Waals surface area contributed by atoms with Crippen molar-refractivity contribution in [2.24, 2.45) is 0 Å². The smallest absolute Gasteiger partial charge is 0.206 e. The van der Waals surface area contributed by atoms with Gasteiger partial charge in [-0.15, -0.1) is 0 Å². The SMILES string of the molecule is Cc1ccc(S(=O)(=O)c2ccc(S(=O)(=O)c3ccc(C)c(C)c3)cc2)cc1. The zero-order chi connectivity index (χ0) is 19.8. The molecule has 27 heavy (non-hydrogen) atoms. The summed E-state index contributed by atoms with van der Waals surface area (Å²) in [6, 6.07) is 16.9. The van der Waals surface area contributed by atoms with E-state index in [1.54, 1.807) is 42.5 Å². The van der Waals surface area contributed by atoms with Crippen LogP contribution in [0.25, 0.3) is 0 Å². The highest BCUT2D eigenvalue weighted by Crippen LogP contribution is 2.26. The molecular weight excluding hydrogens is 380 g/mol. The fraction of sp³-hybridized carbons (Fsp3) is 0.143. The highest BCUT2D eigenvalue weighted by molar-refractivity contribution is 7.92. The summed E-state index contributed by atoms with van der Waals surface area (Å²) in [6.45, 7) is 5.64. The van der Waals surface area contributed by atoms with E-state index in [0.29, 0.717) is 0 Å². The highest BCUT2D eigenvalue weighted by Gasteiger charge is 2.21. The molecule has 0 saturated carbocycles. The maximum atomic E-state index is 12.8. The molecule has 0 bridgehead atoms. The Morgan fingerprint density at radius 2 is 0.852 bits per heavy atom. The van der Waals surface area contributed by atoms with E-state index in [1.807, 2.05) is 20.8 Å². The Labute approximate surface area is 160 Å².